The number of nitrogens with zero attached hydrogens (tertiary/aromatic N) is 4. The Bertz CT molecular complexity index is 636. The van der Waals surface area contributed by atoms with Gasteiger partial charge in [-0.3, -0.25) is 4.68 Å². The van der Waals surface area contributed by atoms with Gasteiger partial charge in [-0.05, 0) is 53.0 Å². The maximum Gasteiger partial charge on any atom is 0.278 e. The first kappa shape index (κ1) is 16.0. The predicted molar refractivity (Wildman–Crippen MR) is 82.2 cm³/mol. The van der Waals surface area contributed by atoms with Gasteiger partial charge < -0.3 is 10.3 Å². The summed E-state index contributed by atoms with van der Waals surface area (Å²) < 4.78 is 7.30. The zero-order valence-corrected chi connectivity index (χ0v) is 13.7. The van der Waals surface area contributed by atoms with Crippen molar-refractivity contribution in [1.29, 1.82) is 0 Å². The lowest BCUT2D eigenvalue weighted by Gasteiger charge is -2.34. The Labute approximate surface area is 130 Å². The van der Waals surface area contributed by atoms with Crippen molar-refractivity contribution in [2.24, 2.45) is 5.73 Å². The van der Waals surface area contributed by atoms with Gasteiger partial charge in [-0.1, -0.05) is 5.16 Å². The molecule has 2 N–H and O–H groups in total. The monoisotopic (exact) mass is 311 g/mol. The van der Waals surface area contributed by atoms with Crippen molar-refractivity contribution in [2.75, 3.05) is 0 Å². The quantitative estimate of drug-likeness (QED) is 0.922. The summed E-state index contributed by atoms with van der Waals surface area (Å²) in [4.78, 5) is 4.43. The van der Waals surface area contributed by atoms with Crippen molar-refractivity contribution in [2.45, 2.75) is 58.0 Å². The van der Waals surface area contributed by atoms with Gasteiger partial charge in [0.2, 0.25) is 0 Å². The van der Waals surface area contributed by atoms with Crippen LogP contribution in [0, 0.1) is 6.92 Å². The van der Waals surface area contributed by atoms with Crippen LogP contribution in [0.4, 0.5) is 0 Å². The first-order valence-electron chi connectivity index (χ1n) is 7.00. The van der Waals surface area contributed by atoms with Crippen molar-refractivity contribution >= 4 is 12.4 Å². The first-order valence-corrected chi connectivity index (χ1v) is 7.00. The molecule has 0 spiro atoms. The van der Waals surface area contributed by atoms with Crippen LogP contribution >= 0.6 is 12.4 Å². The van der Waals surface area contributed by atoms with Gasteiger partial charge in [0.05, 0.1) is 11.1 Å². The van der Waals surface area contributed by atoms with Gasteiger partial charge in [0, 0.05) is 5.69 Å². The molecule has 0 atom stereocenters. The fourth-order valence-electron chi connectivity index (χ4n) is 2.57. The molecule has 0 unspecified atom stereocenters. The summed E-state index contributed by atoms with van der Waals surface area (Å²) in [6.07, 6.45) is 2.96. The molecule has 3 rings (SSSR count). The van der Waals surface area contributed by atoms with Crippen LogP contribution in [0.2, 0.25) is 0 Å². The van der Waals surface area contributed by atoms with Gasteiger partial charge in [-0.2, -0.15) is 10.1 Å². The number of halogens is 1. The van der Waals surface area contributed by atoms with E-state index in [1.807, 2.05) is 17.7 Å². The molecule has 116 valence electrons. The van der Waals surface area contributed by atoms with Gasteiger partial charge in [0.25, 0.3) is 5.89 Å². The highest BCUT2D eigenvalue weighted by Gasteiger charge is 2.39. The molecule has 0 aliphatic heterocycles. The van der Waals surface area contributed by atoms with E-state index in [0.717, 1.165) is 25.0 Å². The van der Waals surface area contributed by atoms with Gasteiger partial charge in [0.15, 0.2) is 11.5 Å². The maximum atomic E-state index is 6.21. The summed E-state index contributed by atoms with van der Waals surface area (Å²) in [5.41, 5.74) is 7.51. The molecule has 0 aromatic carbocycles. The predicted octanol–water partition coefficient (Wildman–Crippen LogP) is 2.76. The smallest absolute Gasteiger partial charge is 0.278 e. The maximum absolute atomic E-state index is 6.21. The Morgan fingerprint density at radius 3 is 2.48 bits per heavy atom. The molecule has 21 heavy (non-hydrogen) atoms. The third-order valence-electron chi connectivity index (χ3n) is 3.86. The van der Waals surface area contributed by atoms with E-state index in [0.29, 0.717) is 17.4 Å². The second-order valence-corrected chi connectivity index (χ2v) is 6.69. The van der Waals surface area contributed by atoms with Crippen LogP contribution in [0.3, 0.4) is 0 Å². The van der Waals surface area contributed by atoms with Gasteiger partial charge in [-0.15, -0.1) is 12.4 Å². The number of aromatic nitrogens is 4. The van der Waals surface area contributed by atoms with Gasteiger partial charge in [-0.25, -0.2) is 0 Å². The molecule has 0 radical (unpaired) electrons. The summed E-state index contributed by atoms with van der Waals surface area (Å²) in [5.74, 6) is 1.05. The molecule has 0 saturated heterocycles. The van der Waals surface area contributed by atoms with Crippen LogP contribution in [0.25, 0.3) is 11.6 Å². The molecule has 1 saturated carbocycles. The first-order chi connectivity index (χ1) is 9.29. The molecular weight excluding hydrogens is 290 g/mol. The molecule has 0 amide bonds. The van der Waals surface area contributed by atoms with Crippen LogP contribution < -0.4 is 5.73 Å². The zero-order valence-electron chi connectivity index (χ0n) is 12.9. The number of nitrogens with two attached hydrogens (primary N) is 1. The van der Waals surface area contributed by atoms with Crippen molar-refractivity contribution < 1.29 is 4.52 Å². The zero-order chi connectivity index (χ0) is 14.5. The third kappa shape index (κ3) is 2.70. The van der Waals surface area contributed by atoms with Gasteiger partial charge >= 0.3 is 0 Å². The molecule has 2 aromatic rings. The van der Waals surface area contributed by atoms with Crippen molar-refractivity contribution in [3.05, 3.63) is 17.6 Å². The Balaban J connectivity index is 0.00000161. The highest BCUT2D eigenvalue weighted by molar-refractivity contribution is 5.85. The van der Waals surface area contributed by atoms with E-state index in [1.54, 1.807) is 0 Å². The van der Waals surface area contributed by atoms with Crippen molar-refractivity contribution in [3.63, 3.8) is 0 Å². The average molecular weight is 312 g/mol. The molecule has 1 fully saturated rings. The van der Waals surface area contributed by atoms with Gasteiger partial charge in [0.1, 0.15) is 0 Å². The van der Waals surface area contributed by atoms with Crippen molar-refractivity contribution in [1.82, 2.24) is 19.9 Å². The van der Waals surface area contributed by atoms with E-state index in [1.165, 1.54) is 0 Å². The molecular formula is C14H22ClN5O. The summed E-state index contributed by atoms with van der Waals surface area (Å²) in [6, 6.07) is 1.96. The summed E-state index contributed by atoms with van der Waals surface area (Å²) in [5, 5.41) is 8.60. The number of rotatable bonds is 2. The van der Waals surface area contributed by atoms with Crippen LogP contribution in [0.1, 0.15) is 51.6 Å². The van der Waals surface area contributed by atoms with E-state index in [9.17, 15) is 0 Å². The second kappa shape index (κ2) is 5.10. The lowest BCUT2D eigenvalue weighted by Crippen LogP contribution is -2.44. The fraction of sp³-hybridized carbons (Fsp3) is 0.643. The Morgan fingerprint density at radius 2 is 2.00 bits per heavy atom. The second-order valence-electron chi connectivity index (χ2n) is 6.69. The van der Waals surface area contributed by atoms with Crippen molar-refractivity contribution in [3.8, 4) is 11.6 Å². The van der Waals surface area contributed by atoms with Crippen LogP contribution in [-0.2, 0) is 11.1 Å². The Kier molecular flexibility index (Phi) is 3.88. The molecule has 0 bridgehead atoms. The van der Waals surface area contributed by atoms with E-state index in [-0.39, 0.29) is 17.9 Å². The summed E-state index contributed by atoms with van der Waals surface area (Å²) in [6.45, 7) is 8.35. The van der Waals surface area contributed by atoms with E-state index < -0.39 is 5.54 Å². The van der Waals surface area contributed by atoms with E-state index in [4.69, 9.17) is 10.3 Å². The lowest BCUT2D eigenvalue weighted by atomic mass is 9.77. The number of hydrogen-bond acceptors (Lipinski definition) is 5. The van der Waals surface area contributed by atoms with Crippen LogP contribution in [0.15, 0.2) is 10.6 Å². The fourth-order valence-corrected chi connectivity index (χ4v) is 2.57. The number of aryl methyl sites for hydroxylation is 1. The minimum atomic E-state index is -0.399. The molecule has 1 aliphatic carbocycles. The summed E-state index contributed by atoms with van der Waals surface area (Å²) in [7, 11) is 0. The lowest BCUT2D eigenvalue weighted by molar-refractivity contribution is 0.229. The average Bonchev–Trinajstić information content (AvgIpc) is 2.90. The minimum Gasteiger partial charge on any atom is -0.332 e. The van der Waals surface area contributed by atoms with Crippen LogP contribution in [0.5, 0.6) is 0 Å². The molecule has 2 heterocycles. The molecule has 6 nitrogen and oxygen atoms in total. The molecule has 2 aromatic heterocycles. The standard InChI is InChI=1S/C14H21N5O.ClH/c1-9-8-10(17-19(9)13(2,3)4)11-16-12(18-20-11)14(15)6-5-7-14;/h8H,5-7,15H2,1-4H3;1H. The molecule has 1 aliphatic rings. The minimum absolute atomic E-state index is 0. The highest BCUT2D eigenvalue weighted by Crippen LogP contribution is 2.37. The van der Waals surface area contributed by atoms with E-state index >= 15 is 0 Å². The Morgan fingerprint density at radius 1 is 1.33 bits per heavy atom. The normalized spacial score (nSPS) is 17.2. The number of hydrogen-bond donors (Lipinski definition) is 1. The summed E-state index contributed by atoms with van der Waals surface area (Å²) >= 11 is 0. The SMILES string of the molecule is Cc1cc(-c2nc(C3(N)CCC3)no2)nn1C(C)(C)C.Cl. The third-order valence-corrected chi connectivity index (χ3v) is 3.86. The Hall–Kier alpha value is -1.40. The largest absolute Gasteiger partial charge is 0.332 e. The highest BCUT2D eigenvalue weighted by atomic mass is 35.5. The molecule has 7 heteroatoms. The van der Waals surface area contributed by atoms with Crippen LogP contribution in [-0.4, -0.2) is 19.9 Å². The van der Waals surface area contributed by atoms with E-state index in [2.05, 4.69) is 36.0 Å². The topological polar surface area (TPSA) is 82.8 Å².